The van der Waals surface area contributed by atoms with E-state index in [2.05, 4.69) is 20.0 Å². The van der Waals surface area contributed by atoms with Crippen LogP contribution in [0, 0.1) is 0 Å². The molecule has 1 aromatic carbocycles. The molecule has 1 aliphatic rings. The Bertz CT molecular complexity index is 944. The number of anilines is 1. The molecule has 0 saturated carbocycles. The highest BCUT2D eigenvalue weighted by atomic mass is 16.5. The molecule has 0 spiro atoms. The second-order valence-corrected chi connectivity index (χ2v) is 6.47. The highest BCUT2D eigenvalue weighted by molar-refractivity contribution is 5.92. The predicted octanol–water partition coefficient (Wildman–Crippen LogP) is 2.49. The molecule has 1 fully saturated rings. The van der Waals surface area contributed by atoms with Crippen LogP contribution in [0.5, 0.6) is 5.88 Å². The number of hydrogen-bond donors (Lipinski definition) is 0. The van der Waals surface area contributed by atoms with Crippen LogP contribution in [0.4, 0.5) is 5.95 Å². The molecular weight excluding hydrogens is 358 g/mol. The van der Waals surface area contributed by atoms with Crippen molar-refractivity contribution in [3.63, 3.8) is 0 Å². The van der Waals surface area contributed by atoms with Crippen molar-refractivity contribution in [3.05, 3.63) is 54.4 Å². The van der Waals surface area contributed by atoms with Crippen LogP contribution < -0.4 is 9.64 Å². The van der Waals surface area contributed by atoms with Gasteiger partial charge in [-0.25, -0.2) is 4.98 Å². The quantitative estimate of drug-likeness (QED) is 0.688. The third-order valence-electron chi connectivity index (χ3n) is 4.68. The third-order valence-corrected chi connectivity index (χ3v) is 4.68. The van der Waals surface area contributed by atoms with Gasteiger partial charge in [-0.15, -0.1) is 0 Å². The first kappa shape index (κ1) is 18.0. The van der Waals surface area contributed by atoms with Gasteiger partial charge in [-0.2, -0.15) is 4.98 Å². The number of nitrogens with zero attached hydrogens (tertiary/aromatic N) is 5. The van der Waals surface area contributed by atoms with E-state index in [9.17, 15) is 4.79 Å². The van der Waals surface area contributed by atoms with Gasteiger partial charge in [-0.3, -0.25) is 4.79 Å². The third kappa shape index (κ3) is 3.80. The number of ether oxygens (including phenoxy) is 1. The summed E-state index contributed by atoms with van der Waals surface area (Å²) in [5, 5.41) is 4.04. The van der Waals surface area contributed by atoms with E-state index >= 15 is 0 Å². The number of benzene rings is 1. The largest absolute Gasteiger partial charge is 0.481 e. The van der Waals surface area contributed by atoms with E-state index in [1.165, 1.54) is 0 Å². The summed E-state index contributed by atoms with van der Waals surface area (Å²) in [6.07, 6.45) is 2.49. The molecule has 1 aliphatic heterocycles. The van der Waals surface area contributed by atoms with Crippen LogP contribution in [-0.4, -0.2) is 59.2 Å². The topological polar surface area (TPSA) is 84.6 Å². The molecule has 0 radical (unpaired) electrons. The maximum Gasteiger partial charge on any atom is 0.292 e. The fraction of sp³-hybridized carbons (Fsp3) is 0.300. The molecule has 0 atom stereocenters. The van der Waals surface area contributed by atoms with Crippen LogP contribution in [0.15, 0.2) is 53.2 Å². The van der Waals surface area contributed by atoms with Gasteiger partial charge in [0.2, 0.25) is 17.6 Å². The number of carbonyl (C=O) groups is 1. The summed E-state index contributed by atoms with van der Waals surface area (Å²) in [4.78, 5) is 25.4. The van der Waals surface area contributed by atoms with Crippen LogP contribution in [0.1, 0.15) is 17.0 Å². The predicted molar refractivity (Wildman–Crippen MR) is 103 cm³/mol. The molecule has 0 bridgehead atoms. The lowest BCUT2D eigenvalue weighted by Gasteiger charge is -2.21. The van der Waals surface area contributed by atoms with Gasteiger partial charge in [0.25, 0.3) is 5.91 Å². The molecule has 0 unspecified atom stereocenters. The molecule has 0 N–H and O–H groups in total. The van der Waals surface area contributed by atoms with Gasteiger partial charge >= 0.3 is 0 Å². The van der Waals surface area contributed by atoms with Crippen LogP contribution in [0.3, 0.4) is 0 Å². The Morgan fingerprint density at radius 1 is 1.11 bits per heavy atom. The Morgan fingerprint density at radius 2 is 1.96 bits per heavy atom. The van der Waals surface area contributed by atoms with E-state index in [1.54, 1.807) is 30.3 Å². The summed E-state index contributed by atoms with van der Waals surface area (Å²) in [6, 6.07) is 13.1. The molecule has 3 heterocycles. The van der Waals surface area contributed by atoms with Crippen molar-refractivity contribution in [1.29, 1.82) is 0 Å². The Hall–Kier alpha value is -3.42. The highest BCUT2D eigenvalue weighted by Crippen LogP contribution is 2.20. The molecule has 3 aromatic rings. The lowest BCUT2D eigenvalue weighted by Crippen LogP contribution is -2.35. The number of hydrogen-bond acceptors (Lipinski definition) is 7. The van der Waals surface area contributed by atoms with E-state index in [0.717, 1.165) is 18.5 Å². The fourth-order valence-electron chi connectivity index (χ4n) is 3.20. The van der Waals surface area contributed by atoms with Crippen LogP contribution in [-0.2, 0) is 0 Å². The number of carbonyl (C=O) groups excluding carboxylic acids is 1. The minimum atomic E-state index is -0.150. The maximum absolute atomic E-state index is 12.9. The Morgan fingerprint density at radius 3 is 2.79 bits per heavy atom. The maximum atomic E-state index is 12.9. The minimum absolute atomic E-state index is 0.150. The minimum Gasteiger partial charge on any atom is -0.481 e. The molecule has 0 aliphatic carbocycles. The molecule has 2 aromatic heterocycles. The molecule has 1 amide bonds. The zero-order chi connectivity index (χ0) is 19.3. The van der Waals surface area contributed by atoms with E-state index in [-0.39, 0.29) is 11.7 Å². The van der Waals surface area contributed by atoms with Crippen molar-refractivity contribution in [2.75, 3.05) is 38.2 Å². The van der Waals surface area contributed by atoms with Gasteiger partial charge in [0.15, 0.2) is 0 Å². The van der Waals surface area contributed by atoms with Crippen LogP contribution in [0.2, 0.25) is 0 Å². The van der Waals surface area contributed by atoms with E-state index in [4.69, 9.17) is 9.26 Å². The first-order chi connectivity index (χ1) is 13.7. The first-order valence-corrected chi connectivity index (χ1v) is 9.18. The van der Waals surface area contributed by atoms with Crippen molar-refractivity contribution in [3.8, 4) is 17.1 Å². The van der Waals surface area contributed by atoms with E-state index in [1.807, 2.05) is 30.3 Å². The van der Waals surface area contributed by atoms with Crippen LogP contribution in [0.25, 0.3) is 11.3 Å². The molecule has 8 nitrogen and oxygen atoms in total. The van der Waals surface area contributed by atoms with Gasteiger partial charge in [0.1, 0.15) is 5.69 Å². The summed E-state index contributed by atoms with van der Waals surface area (Å²) in [6.45, 7) is 2.60. The number of aromatic nitrogens is 3. The second kappa shape index (κ2) is 8.08. The molecule has 1 saturated heterocycles. The van der Waals surface area contributed by atoms with Gasteiger partial charge in [0.05, 0.1) is 7.11 Å². The smallest absolute Gasteiger partial charge is 0.292 e. The average Bonchev–Trinajstić information content (AvgIpc) is 3.12. The number of rotatable bonds is 4. The summed E-state index contributed by atoms with van der Waals surface area (Å²) < 4.78 is 10.5. The number of amides is 1. The fourth-order valence-corrected chi connectivity index (χ4v) is 3.20. The highest BCUT2D eigenvalue weighted by Gasteiger charge is 2.24. The van der Waals surface area contributed by atoms with Gasteiger partial charge in [-0.1, -0.05) is 35.5 Å². The van der Waals surface area contributed by atoms with E-state index in [0.29, 0.717) is 37.2 Å². The zero-order valence-corrected chi connectivity index (χ0v) is 15.6. The Kier molecular flexibility index (Phi) is 5.18. The SMILES string of the molecule is COc1ccnc(N2CCCN(C(=O)c3cc(-c4ccccc4)no3)CC2)n1. The van der Waals surface area contributed by atoms with Gasteiger partial charge in [0, 0.05) is 50.1 Å². The normalized spacial score (nSPS) is 14.6. The Balaban J connectivity index is 1.44. The van der Waals surface area contributed by atoms with Crippen molar-refractivity contribution in [2.45, 2.75) is 6.42 Å². The Labute approximate surface area is 162 Å². The van der Waals surface area contributed by atoms with Gasteiger partial charge in [-0.05, 0) is 6.42 Å². The summed E-state index contributed by atoms with van der Waals surface area (Å²) in [5.74, 6) is 1.24. The molecule has 28 heavy (non-hydrogen) atoms. The second-order valence-electron chi connectivity index (χ2n) is 6.47. The molecular formula is C20H21N5O3. The van der Waals surface area contributed by atoms with Gasteiger partial charge < -0.3 is 19.1 Å². The van der Waals surface area contributed by atoms with Crippen molar-refractivity contribution in [2.24, 2.45) is 0 Å². The monoisotopic (exact) mass is 379 g/mol. The summed E-state index contributed by atoms with van der Waals surface area (Å²) in [5.41, 5.74) is 1.58. The van der Waals surface area contributed by atoms with Crippen molar-refractivity contribution in [1.82, 2.24) is 20.0 Å². The summed E-state index contributed by atoms with van der Waals surface area (Å²) in [7, 11) is 1.58. The molecule has 144 valence electrons. The standard InChI is InChI=1S/C20H21N5O3/c1-27-18-8-9-21-20(22-18)25-11-5-10-24(12-13-25)19(26)17-14-16(23-28-17)15-6-3-2-4-7-15/h2-4,6-9,14H,5,10-13H2,1H3. The average molecular weight is 379 g/mol. The lowest BCUT2D eigenvalue weighted by molar-refractivity contribution is 0.0725. The van der Waals surface area contributed by atoms with Crippen molar-refractivity contribution >= 4 is 11.9 Å². The summed E-state index contributed by atoms with van der Waals surface area (Å²) >= 11 is 0. The molecule has 4 rings (SSSR count). The van der Waals surface area contributed by atoms with E-state index < -0.39 is 0 Å². The molecule has 8 heteroatoms. The first-order valence-electron chi connectivity index (χ1n) is 9.18. The lowest BCUT2D eigenvalue weighted by atomic mass is 10.1. The van der Waals surface area contributed by atoms with Crippen LogP contribution >= 0.6 is 0 Å². The zero-order valence-electron chi connectivity index (χ0n) is 15.6. The van der Waals surface area contributed by atoms with Crippen molar-refractivity contribution < 1.29 is 14.1 Å². The number of methoxy groups -OCH3 is 1.